The van der Waals surface area contributed by atoms with Gasteiger partial charge in [-0.1, -0.05) is 66.2 Å². The van der Waals surface area contributed by atoms with E-state index in [0.717, 1.165) is 11.1 Å². The number of carbonyl (C=O) groups excluding carboxylic acids is 3. The molecule has 3 amide bonds. The van der Waals surface area contributed by atoms with Crippen molar-refractivity contribution in [2.45, 2.75) is 19.4 Å². The third kappa shape index (κ3) is 8.12. The van der Waals surface area contributed by atoms with Crippen LogP contribution in [0.25, 0.3) is 6.08 Å². The average Bonchev–Trinajstić information content (AvgIpc) is 2.95. The number of halogens is 2. The van der Waals surface area contributed by atoms with Crippen LogP contribution in [0.1, 0.15) is 40.0 Å². The van der Waals surface area contributed by atoms with E-state index < -0.39 is 11.8 Å². The van der Waals surface area contributed by atoms with Gasteiger partial charge < -0.3 is 16.0 Å². The Kier molecular flexibility index (Phi) is 9.44. The Hall–Kier alpha value is -4.75. The van der Waals surface area contributed by atoms with Crippen LogP contribution in [0.15, 0.2) is 109 Å². The smallest absolute Gasteiger partial charge is 0.272 e. The summed E-state index contributed by atoms with van der Waals surface area (Å²) in [4.78, 5) is 38.5. The summed E-state index contributed by atoms with van der Waals surface area (Å²) < 4.78 is 13.2. The zero-order valence-corrected chi connectivity index (χ0v) is 22.4. The van der Waals surface area contributed by atoms with Crippen molar-refractivity contribution >= 4 is 41.1 Å². The summed E-state index contributed by atoms with van der Waals surface area (Å²) in [6.45, 7) is 1.83. The molecule has 4 aromatic carbocycles. The Bertz CT molecular complexity index is 1500. The first kappa shape index (κ1) is 28.3. The van der Waals surface area contributed by atoms with Gasteiger partial charge in [-0.25, -0.2) is 4.39 Å². The molecular formula is C32H27ClFN3O3. The molecule has 6 nitrogen and oxygen atoms in total. The van der Waals surface area contributed by atoms with Gasteiger partial charge in [0.15, 0.2) is 0 Å². The molecule has 0 radical (unpaired) electrons. The highest BCUT2D eigenvalue weighted by atomic mass is 35.5. The van der Waals surface area contributed by atoms with Gasteiger partial charge >= 0.3 is 0 Å². The fourth-order valence-electron chi connectivity index (χ4n) is 3.89. The molecule has 0 aliphatic rings. The number of hydrogen-bond donors (Lipinski definition) is 3. The molecule has 0 aliphatic heterocycles. The lowest BCUT2D eigenvalue weighted by Gasteiger charge is -2.15. The zero-order valence-electron chi connectivity index (χ0n) is 21.7. The Morgan fingerprint density at radius 2 is 1.50 bits per heavy atom. The van der Waals surface area contributed by atoms with Crippen molar-refractivity contribution in [2.24, 2.45) is 0 Å². The molecule has 8 heteroatoms. The highest BCUT2D eigenvalue weighted by Crippen LogP contribution is 2.16. The van der Waals surface area contributed by atoms with Crippen LogP contribution in [0.3, 0.4) is 0 Å². The van der Waals surface area contributed by atoms with Crippen LogP contribution in [-0.4, -0.2) is 17.7 Å². The molecule has 4 aromatic rings. The predicted octanol–water partition coefficient (Wildman–Crippen LogP) is 6.31. The minimum Gasteiger partial charge on any atom is -0.349 e. The fraction of sp³-hybridized carbons (Fsp3) is 0.0938. The minimum atomic E-state index is -0.516. The molecule has 1 atom stereocenters. The first-order valence-corrected chi connectivity index (χ1v) is 12.9. The van der Waals surface area contributed by atoms with Gasteiger partial charge in [0.05, 0.1) is 12.5 Å². The van der Waals surface area contributed by atoms with E-state index in [0.29, 0.717) is 21.8 Å². The summed E-state index contributed by atoms with van der Waals surface area (Å²) >= 11 is 5.98. The van der Waals surface area contributed by atoms with Crippen molar-refractivity contribution < 1.29 is 18.8 Å². The number of carbonyl (C=O) groups is 3. The summed E-state index contributed by atoms with van der Waals surface area (Å²) in [5.74, 6) is -1.46. The number of anilines is 1. The first-order chi connectivity index (χ1) is 19.3. The van der Waals surface area contributed by atoms with Crippen LogP contribution >= 0.6 is 11.6 Å². The number of nitrogens with one attached hydrogen (secondary N) is 3. The first-order valence-electron chi connectivity index (χ1n) is 12.6. The van der Waals surface area contributed by atoms with Gasteiger partial charge in [0.25, 0.3) is 11.8 Å². The number of amides is 3. The summed E-state index contributed by atoms with van der Waals surface area (Å²) in [5, 5.41) is 8.93. The summed E-state index contributed by atoms with van der Waals surface area (Å²) in [6, 6.07) is 28.0. The zero-order chi connectivity index (χ0) is 28.5. The van der Waals surface area contributed by atoms with Crippen molar-refractivity contribution in [3.63, 3.8) is 0 Å². The lowest BCUT2D eigenvalue weighted by Crippen LogP contribution is -2.30. The van der Waals surface area contributed by atoms with Gasteiger partial charge in [0, 0.05) is 16.3 Å². The van der Waals surface area contributed by atoms with E-state index >= 15 is 0 Å². The molecule has 40 heavy (non-hydrogen) atoms. The standard InChI is InChI=1S/C32H27ClFN3O3/c1-21(24-11-15-27(34)16-12-24)35-30(38)20-23-9-17-28(18-10-23)36-32(40)29(19-22-7-13-26(33)14-8-22)37-31(39)25-5-3-2-4-6-25/h2-19,21H,20H2,1H3,(H,35,38)(H,36,40)(H,37,39)/b29-19-. The highest BCUT2D eigenvalue weighted by Gasteiger charge is 2.16. The normalized spacial score (nSPS) is 11.8. The fourth-order valence-corrected chi connectivity index (χ4v) is 4.01. The monoisotopic (exact) mass is 555 g/mol. The van der Waals surface area contributed by atoms with Crippen molar-refractivity contribution in [3.8, 4) is 0 Å². The maximum Gasteiger partial charge on any atom is 0.272 e. The second-order valence-electron chi connectivity index (χ2n) is 9.10. The van der Waals surface area contributed by atoms with Crippen LogP contribution in [0.5, 0.6) is 0 Å². The molecule has 0 aliphatic carbocycles. The van der Waals surface area contributed by atoms with E-state index in [-0.39, 0.29) is 29.9 Å². The molecule has 202 valence electrons. The van der Waals surface area contributed by atoms with Gasteiger partial charge in [0.1, 0.15) is 11.5 Å². The topological polar surface area (TPSA) is 87.3 Å². The van der Waals surface area contributed by atoms with Gasteiger partial charge in [-0.05, 0) is 78.2 Å². The lowest BCUT2D eigenvalue weighted by atomic mass is 10.1. The van der Waals surface area contributed by atoms with Crippen molar-refractivity contribution in [1.82, 2.24) is 10.6 Å². The number of benzene rings is 4. The molecule has 3 N–H and O–H groups in total. The third-order valence-electron chi connectivity index (χ3n) is 6.03. The molecule has 4 rings (SSSR count). The number of hydrogen-bond acceptors (Lipinski definition) is 3. The Morgan fingerprint density at radius 1 is 0.850 bits per heavy atom. The second kappa shape index (κ2) is 13.4. The maximum atomic E-state index is 13.2. The maximum absolute atomic E-state index is 13.2. The lowest BCUT2D eigenvalue weighted by molar-refractivity contribution is -0.121. The van der Waals surface area contributed by atoms with Crippen molar-refractivity contribution in [2.75, 3.05) is 5.32 Å². The van der Waals surface area contributed by atoms with Crippen LogP contribution in [0.2, 0.25) is 5.02 Å². The molecule has 0 saturated heterocycles. The molecule has 0 spiro atoms. The Balaban J connectivity index is 1.41. The molecule has 0 aromatic heterocycles. The van der Waals surface area contributed by atoms with E-state index in [2.05, 4.69) is 16.0 Å². The number of rotatable bonds is 9. The SMILES string of the molecule is CC(NC(=O)Cc1ccc(NC(=O)/C(=C/c2ccc(Cl)cc2)NC(=O)c2ccccc2)cc1)c1ccc(F)cc1. The van der Waals surface area contributed by atoms with Gasteiger partial charge in [-0.2, -0.15) is 0 Å². The van der Waals surface area contributed by atoms with Crippen molar-refractivity contribution in [1.29, 1.82) is 0 Å². The van der Waals surface area contributed by atoms with Crippen LogP contribution in [-0.2, 0) is 16.0 Å². The second-order valence-corrected chi connectivity index (χ2v) is 9.53. The molecule has 0 bridgehead atoms. The van der Waals surface area contributed by atoms with E-state index in [1.807, 2.05) is 6.92 Å². The quantitative estimate of drug-likeness (QED) is 0.212. The average molecular weight is 556 g/mol. The molecule has 0 saturated carbocycles. The van der Waals surface area contributed by atoms with Crippen LogP contribution in [0.4, 0.5) is 10.1 Å². The van der Waals surface area contributed by atoms with Crippen molar-refractivity contribution in [3.05, 3.63) is 142 Å². The summed E-state index contributed by atoms with van der Waals surface area (Å²) in [5.41, 5.74) is 3.18. The highest BCUT2D eigenvalue weighted by molar-refractivity contribution is 6.30. The largest absolute Gasteiger partial charge is 0.349 e. The molecule has 0 heterocycles. The van der Waals surface area contributed by atoms with E-state index in [4.69, 9.17) is 11.6 Å². The van der Waals surface area contributed by atoms with Crippen LogP contribution in [0, 0.1) is 5.82 Å². The molecule has 0 fully saturated rings. The van der Waals surface area contributed by atoms with E-state index in [9.17, 15) is 18.8 Å². The Labute approximate surface area is 236 Å². The van der Waals surface area contributed by atoms with Gasteiger partial charge in [-0.15, -0.1) is 0 Å². The van der Waals surface area contributed by atoms with E-state index in [1.54, 1.807) is 97.1 Å². The summed E-state index contributed by atoms with van der Waals surface area (Å²) in [6.07, 6.45) is 1.70. The molecule has 1 unspecified atom stereocenters. The third-order valence-corrected chi connectivity index (χ3v) is 6.29. The minimum absolute atomic E-state index is 0.0504. The summed E-state index contributed by atoms with van der Waals surface area (Å²) in [7, 11) is 0. The van der Waals surface area contributed by atoms with Crippen LogP contribution < -0.4 is 16.0 Å². The molecular weight excluding hydrogens is 529 g/mol. The van der Waals surface area contributed by atoms with Gasteiger partial charge in [-0.3, -0.25) is 14.4 Å². The van der Waals surface area contributed by atoms with E-state index in [1.165, 1.54) is 12.1 Å². The Morgan fingerprint density at radius 3 is 2.15 bits per heavy atom. The predicted molar refractivity (Wildman–Crippen MR) is 155 cm³/mol. The van der Waals surface area contributed by atoms with Gasteiger partial charge in [0.2, 0.25) is 5.91 Å².